The molecule has 0 aliphatic rings. The van der Waals surface area contributed by atoms with E-state index in [4.69, 9.17) is 14.5 Å². The number of alkyl halides is 3. The van der Waals surface area contributed by atoms with Gasteiger partial charge in [-0.3, -0.25) is 9.36 Å². The van der Waals surface area contributed by atoms with E-state index in [1.54, 1.807) is 43.3 Å². The number of hydrogen-bond donors (Lipinski definition) is 1. The molecule has 1 unspecified atom stereocenters. The zero-order valence-corrected chi connectivity index (χ0v) is 22.5. The monoisotopic (exact) mass is 554 g/mol. The number of carbonyl (C=O) groups excluding carboxylic acids is 1. The highest BCUT2D eigenvalue weighted by atomic mass is 19.4. The van der Waals surface area contributed by atoms with E-state index in [9.17, 15) is 22.8 Å². The van der Waals surface area contributed by atoms with Gasteiger partial charge in [0.2, 0.25) is 0 Å². The lowest BCUT2D eigenvalue weighted by molar-refractivity contribution is -0.137. The lowest BCUT2D eigenvalue weighted by Crippen LogP contribution is -2.41. The van der Waals surface area contributed by atoms with Crippen molar-refractivity contribution < 1.29 is 27.4 Å². The van der Waals surface area contributed by atoms with Crippen molar-refractivity contribution in [2.75, 3.05) is 32.7 Å². The number of aryl methyl sites for hydroxylation is 1. The summed E-state index contributed by atoms with van der Waals surface area (Å²) in [6.07, 6.45) is -4.57. The first-order chi connectivity index (χ1) is 19.0. The van der Waals surface area contributed by atoms with Crippen LogP contribution in [0.5, 0.6) is 5.75 Å². The van der Waals surface area contributed by atoms with Crippen molar-refractivity contribution in [1.29, 1.82) is 0 Å². The number of ether oxygens (including phenoxy) is 2. The normalized spacial score (nSPS) is 12.3. The number of benzene rings is 3. The molecule has 11 heteroatoms. The fourth-order valence-corrected chi connectivity index (χ4v) is 4.41. The minimum Gasteiger partial charge on any atom is -0.495 e. The van der Waals surface area contributed by atoms with Crippen LogP contribution in [0.15, 0.2) is 71.5 Å². The van der Waals surface area contributed by atoms with Crippen LogP contribution in [0.1, 0.15) is 29.9 Å². The molecule has 1 atom stereocenters. The summed E-state index contributed by atoms with van der Waals surface area (Å²) in [7, 11) is 2.96. The largest absolute Gasteiger partial charge is 0.495 e. The Bertz CT molecular complexity index is 1590. The van der Waals surface area contributed by atoms with Gasteiger partial charge < -0.3 is 19.7 Å². The number of fused-ring (bicyclic) bond motifs is 1. The number of nitrogens with one attached hydrogen (secondary N) is 1. The average Bonchev–Trinajstić information content (AvgIpc) is 2.92. The molecule has 0 aliphatic heterocycles. The zero-order chi connectivity index (χ0) is 29.0. The molecule has 8 nitrogen and oxygen atoms in total. The number of anilines is 1. The topological polar surface area (TPSA) is 85.7 Å². The third kappa shape index (κ3) is 5.94. The van der Waals surface area contributed by atoms with Gasteiger partial charge in [0.25, 0.3) is 5.56 Å². The minimum absolute atomic E-state index is 0.0290. The molecule has 4 rings (SSSR count). The first-order valence-electron chi connectivity index (χ1n) is 12.5. The molecule has 210 valence electrons. The predicted octanol–water partition coefficient (Wildman–Crippen LogP) is 5.96. The number of halogens is 3. The summed E-state index contributed by atoms with van der Waals surface area (Å²) in [4.78, 5) is 33.5. The van der Waals surface area contributed by atoms with Gasteiger partial charge in [-0.25, -0.2) is 9.78 Å². The van der Waals surface area contributed by atoms with Crippen molar-refractivity contribution in [2.24, 2.45) is 0 Å². The molecule has 0 saturated carbocycles. The van der Waals surface area contributed by atoms with Crippen LogP contribution in [0.4, 0.5) is 23.7 Å². The fourth-order valence-electron chi connectivity index (χ4n) is 4.41. The maximum atomic E-state index is 13.9. The lowest BCUT2D eigenvalue weighted by Gasteiger charge is -2.31. The van der Waals surface area contributed by atoms with Crippen molar-refractivity contribution in [3.63, 3.8) is 0 Å². The van der Waals surface area contributed by atoms with Gasteiger partial charge in [0.1, 0.15) is 11.6 Å². The van der Waals surface area contributed by atoms with Gasteiger partial charge in [-0.1, -0.05) is 24.3 Å². The van der Waals surface area contributed by atoms with Gasteiger partial charge >= 0.3 is 12.2 Å². The van der Waals surface area contributed by atoms with Gasteiger partial charge in [-0.15, -0.1) is 0 Å². The van der Waals surface area contributed by atoms with Crippen LogP contribution in [0.2, 0.25) is 0 Å². The lowest BCUT2D eigenvalue weighted by atomic mass is 10.1. The molecule has 1 N–H and O–H groups in total. The van der Waals surface area contributed by atoms with Crippen LogP contribution in [-0.4, -0.2) is 47.9 Å². The van der Waals surface area contributed by atoms with Crippen LogP contribution >= 0.6 is 0 Å². The highest BCUT2D eigenvalue weighted by Crippen LogP contribution is 2.32. The van der Waals surface area contributed by atoms with Gasteiger partial charge in [0.05, 0.1) is 41.9 Å². The summed E-state index contributed by atoms with van der Waals surface area (Å²) in [5, 5.41) is 2.92. The van der Waals surface area contributed by atoms with Crippen molar-refractivity contribution in [2.45, 2.75) is 26.1 Å². The van der Waals surface area contributed by atoms with Crippen molar-refractivity contribution in [3.05, 3.63) is 94.0 Å². The van der Waals surface area contributed by atoms with Crippen molar-refractivity contribution >= 4 is 22.6 Å². The van der Waals surface area contributed by atoms with E-state index in [1.807, 2.05) is 13.0 Å². The number of nitrogens with zero attached hydrogens (tertiary/aromatic N) is 3. The molecule has 4 aromatic rings. The van der Waals surface area contributed by atoms with E-state index in [-0.39, 0.29) is 30.2 Å². The van der Waals surface area contributed by atoms with Crippen LogP contribution in [0.25, 0.3) is 16.6 Å². The van der Waals surface area contributed by atoms with E-state index in [0.717, 1.165) is 17.7 Å². The predicted molar refractivity (Wildman–Crippen MR) is 146 cm³/mol. The highest BCUT2D eigenvalue weighted by Gasteiger charge is 2.31. The summed E-state index contributed by atoms with van der Waals surface area (Å²) >= 11 is 0. The molecule has 0 aliphatic carbocycles. The Kier molecular flexibility index (Phi) is 8.43. The molecule has 1 aromatic heterocycles. The first kappa shape index (κ1) is 28.6. The maximum absolute atomic E-state index is 13.9. The quantitative estimate of drug-likeness (QED) is 0.290. The SMILES string of the molecule is COCCN(C(=O)Nc1cccc(C(F)(F)F)c1)C(C)c1nc2ccccc2c(=O)n1-c1cc(C)ccc1OC. The molecule has 0 spiro atoms. The van der Waals surface area contributed by atoms with E-state index < -0.39 is 23.8 Å². The van der Waals surface area contributed by atoms with Crippen LogP contribution in [-0.2, 0) is 10.9 Å². The Labute approximate surface area is 229 Å². The second-order valence-corrected chi connectivity index (χ2v) is 9.17. The number of methoxy groups -OCH3 is 2. The van der Waals surface area contributed by atoms with E-state index in [0.29, 0.717) is 22.3 Å². The molecule has 0 bridgehead atoms. The third-order valence-electron chi connectivity index (χ3n) is 6.46. The zero-order valence-electron chi connectivity index (χ0n) is 22.5. The molecule has 3 aromatic carbocycles. The molecular formula is C29H29F3N4O4. The van der Waals surface area contributed by atoms with Gasteiger partial charge in [0, 0.05) is 19.3 Å². The van der Waals surface area contributed by atoms with Crippen molar-refractivity contribution in [1.82, 2.24) is 14.5 Å². The van der Waals surface area contributed by atoms with Gasteiger partial charge in [-0.2, -0.15) is 13.2 Å². The number of para-hydroxylation sites is 1. The second-order valence-electron chi connectivity index (χ2n) is 9.17. The summed E-state index contributed by atoms with van der Waals surface area (Å²) < 4.78 is 51.9. The van der Waals surface area contributed by atoms with Crippen LogP contribution in [0.3, 0.4) is 0 Å². The minimum atomic E-state index is -4.57. The van der Waals surface area contributed by atoms with Crippen molar-refractivity contribution in [3.8, 4) is 11.4 Å². The molecule has 40 heavy (non-hydrogen) atoms. The third-order valence-corrected chi connectivity index (χ3v) is 6.46. The Morgan fingerprint density at radius 2 is 1.82 bits per heavy atom. The molecule has 0 radical (unpaired) electrons. The summed E-state index contributed by atoms with van der Waals surface area (Å²) in [5.74, 6) is 0.665. The smallest absolute Gasteiger partial charge is 0.416 e. The van der Waals surface area contributed by atoms with E-state index >= 15 is 0 Å². The molecule has 2 amide bonds. The summed E-state index contributed by atoms with van der Waals surface area (Å²) in [6.45, 7) is 3.76. The number of aromatic nitrogens is 2. The Morgan fingerprint density at radius 1 is 1.07 bits per heavy atom. The van der Waals surface area contributed by atoms with E-state index in [1.165, 1.54) is 35.8 Å². The number of rotatable bonds is 8. The summed E-state index contributed by atoms with van der Waals surface area (Å²) in [6, 6.07) is 15.1. The molecule has 0 saturated heterocycles. The van der Waals surface area contributed by atoms with Crippen LogP contribution < -0.4 is 15.6 Å². The first-order valence-corrected chi connectivity index (χ1v) is 12.5. The number of amides is 2. The number of urea groups is 1. The Balaban J connectivity index is 1.85. The average molecular weight is 555 g/mol. The van der Waals surface area contributed by atoms with E-state index in [2.05, 4.69) is 5.32 Å². The molecule has 0 fully saturated rings. The Morgan fingerprint density at radius 3 is 2.52 bits per heavy atom. The molecular weight excluding hydrogens is 525 g/mol. The Hall–Kier alpha value is -4.38. The fraction of sp³-hybridized carbons (Fsp3) is 0.276. The van der Waals surface area contributed by atoms with Gasteiger partial charge in [0.15, 0.2) is 0 Å². The number of hydrogen-bond acceptors (Lipinski definition) is 5. The number of carbonyl (C=O) groups is 1. The van der Waals surface area contributed by atoms with Crippen LogP contribution in [0, 0.1) is 6.92 Å². The highest BCUT2D eigenvalue weighted by molar-refractivity contribution is 5.89. The molecule has 1 heterocycles. The second kappa shape index (κ2) is 11.8. The van der Waals surface area contributed by atoms with Gasteiger partial charge in [-0.05, 0) is 61.9 Å². The summed E-state index contributed by atoms with van der Waals surface area (Å²) in [5.41, 5.74) is 0.464. The standard InChI is InChI=1S/C29H29F3N4O4/c1-18-12-13-25(40-4)24(16-18)36-26(34-23-11-6-5-10-22(23)27(36)37)19(2)35(14-15-39-3)28(38)33-21-9-7-8-20(17-21)29(30,31)32/h5-13,16-17,19H,14-15H2,1-4H3,(H,33,38). The maximum Gasteiger partial charge on any atom is 0.416 e.